The zero-order valence-electron chi connectivity index (χ0n) is 11.3. The van der Waals surface area contributed by atoms with E-state index < -0.39 is 0 Å². The van der Waals surface area contributed by atoms with Crippen molar-refractivity contribution in [2.75, 3.05) is 0 Å². The number of benzene rings is 2. The third kappa shape index (κ3) is 2.77. The summed E-state index contributed by atoms with van der Waals surface area (Å²) in [7, 11) is 0. The summed E-state index contributed by atoms with van der Waals surface area (Å²) in [4.78, 5) is 0. The van der Waals surface area contributed by atoms with Crippen LogP contribution in [0.4, 0.5) is 0 Å². The predicted octanol–water partition coefficient (Wildman–Crippen LogP) is 4.19. The molecule has 0 heterocycles. The molecule has 0 spiro atoms. The summed E-state index contributed by atoms with van der Waals surface area (Å²) < 4.78 is 0. The highest BCUT2D eigenvalue weighted by atomic mass is 16.3. The van der Waals surface area contributed by atoms with Crippen LogP contribution in [0.2, 0.25) is 0 Å². The van der Waals surface area contributed by atoms with Crippen LogP contribution in [0.5, 0.6) is 5.75 Å². The summed E-state index contributed by atoms with van der Waals surface area (Å²) in [5, 5.41) is 18.6. The smallest absolute Gasteiger partial charge is 0.115 e. The fourth-order valence-corrected chi connectivity index (χ4v) is 2.26. The van der Waals surface area contributed by atoms with E-state index in [0.717, 1.165) is 35.1 Å². The van der Waals surface area contributed by atoms with Crippen LogP contribution in [0.25, 0.3) is 11.1 Å². The molecule has 0 aliphatic rings. The molecule has 0 bridgehead atoms. The van der Waals surface area contributed by atoms with Gasteiger partial charge in [0.25, 0.3) is 0 Å². The minimum atomic E-state index is 0.256. The number of phenolic OH excluding ortho intramolecular Hbond substituents is 1. The van der Waals surface area contributed by atoms with Gasteiger partial charge in [-0.2, -0.15) is 5.26 Å². The van der Waals surface area contributed by atoms with Crippen LogP contribution < -0.4 is 0 Å². The van der Waals surface area contributed by atoms with Crippen molar-refractivity contribution in [3.63, 3.8) is 0 Å². The van der Waals surface area contributed by atoms with Crippen LogP contribution in [-0.2, 0) is 6.42 Å². The molecule has 2 aromatic carbocycles. The van der Waals surface area contributed by atoms with Crippen LogP contribution in [0.1, 0.15) is 30.0 Å². The summed E-state index contributed by atoms with van der Waals surface area (Å²) in [5.74, 6) is 0.256. The maximum atomic E-state index is 9.36. The molecular weight excluding hydrogens is 234 g/mol. The van der Waals surface area contributed by atoms with Crippen molar-refractivity contribution in [3.8, 4) is 22.9 Å². The van der Waals surface area contributed by atoms with Crippen molar-refractivity contribution < 1.29 is 5.11 Å². The van der Waals surface area contributed by atoms with Gasteiger partial charge in [0, 0.05) is 0 Å². The summed E-state index contributed by atoms with van der Waals surface area (Å²) in [6.07, 6.45) is 2.03. The lowest BCUT2D eigenvalue weighted by Crippen LogP contribution is -1.93. The molecule has 19 heavy (non-hydrogen) atoms. The molecule has 0 saturated carbocycles. The highest BCUT2D eigenvalue weighted by Gasteiger charge is 2.09. The number of phenols is 1. The Kier molecular flexibility index (Phi) is 3.87. The molecule has 0 aliphatic carbocycles. The van der Waals surface area contributed by atoms with Gasteiger partial charge in [0.1, 0.15) is 5.75 Å². The molecule has 0 atom stereocenters. The molecule has 2 aromatic rings. The molecule has 0 radical (unpaired) electrons. The largest absolute Gasteiger partial charge is 0.508 e. The third-order valence-corrected chi connectivity index (χ3v) is 3.30. The Morgan fingerprint density at radius 3 is 2.42 bits per heavy atom. The van der Waals surface area contributed by atoms with Crippen molar-refractivity contribution >= 4 is 0 Å². The molecule has 96 valence electrons. The Morgan fingerprint density at radius 1 is 1.16 bits per heavy atom. The summed E-state index contributed by atoms with van der Waals surface area (Å²) in [6, 6.07) is 13.5. The van der Waals surface area contributed by atoms with E-state index in [9.17, 15) is 10.4 Å². The second kappa shape index (κ2) is 5.58. The standard InChI is InChI=1S/C17H17NO/c1-3-4-13-9-15(11-18)12(2)17(10-13)14-5-7-16(19)8-6-14/h5-10,19H,3-4H2,1-2H3. The van der Waals surface area contributed by atoms with Gasteiger partial charge in [0.15, 0.2) is 0 Å². The van der Waals surface area contributed by atoms with Crippen molar-refractivity contribution in [2.45, 2.75) is 26.7 Å². The molecule has 0 aliphatic heterocycles. The fourth-order valence-electron chi connectivity index (χ4n) is 2.26. The van der Waals surface area contributed by atoms with Gasteiger partial charge in [-0.25, -0.2) is 0 Å². The molecular formula is C17H17NO. The Morgan fingerprint density at radius 2 is 1.84 bits per heavy atom. The predicted molar refractivity (Wildman–Crippen MR) is 77.0 cm³/mol. The van der Waals surface area contributed by atoms with Crippen molar-refractivity contribution in [1.29, 1.82) is 5.26 Å². The van der Waals surface area contributed by atoms with Gasteiger partial charge in [-0.15, -0.1) is 0 Å². The van der Waals surface area contributed by atoms with Gasteiger partial charge in [0.2, 0.25) is 0 Å². The third-order valence-electron chi connectivity index (χ3n) is 3.30. The lowest BCUT2D eigenvalue weighted by atomic mass is 9.93. The number of aromatic hydroxyl groups is 1. The van der Waals surface area contributed by atoms with E-state index in [0.29, 0.717) is 0 Å². The average molecular weight is 251 g/mol. The minimum Gasteiger partial charge on any atom is -0.508 e. The van der Waals surface area contributed by atoms with Crippen LogP contribution in [-0.4, -0.2) is 5.11 Å². The molecule has 2 rings (SSSR count). The molecule has 2 nitrogen and oxygen atoms in total. The average Bonchev–Trinajstić information content (AvgIpc) is 2.42. The normalized spacial score (nSPS) is 10.2. The van der Waals surface area contributed by atoms with Crippen LogP contribution in [0, 0.1) is 18.3 Å². The highest BCUT2D eigenvalue weighted by molar-refractivity contribution is 5.71. The lowest BCUT2D eigenvalue weighted by Gasteiger charge is -2.11. The van der Waals surface area contributed by atoms with Crippen molar-refractivity contribution in [3.05, 3.63) is 53.1 Å². The summed E-state index contributed by atoms with van der Waals surface area (Å²) >= 11 is 0. The van der Waals surface area contributed by atoms with E-state index in [1.165, 1.54) is 5.56 Å². The maximum absolute atomic E-state index is 9.36. The summed E-state index contributed by atoms with van der Waals surface area (Å²) in [5.41, 5.74) is 5.02. The first-order chi connectivity index (χ1) is 9.15. The number of rotatable bonds is 3. The Labute approximate surface area is 114 Å². The molecule has 0 aromatic heterocycles. The summed E-state index contributed by atoms with van der Waals surface area (Å²) in [6.45, 7) is 4.10. The van der Waals surface area contributed by atoms with Gasteiger partial charge < -0.3 is 5.11 Å². The number of hydrogen-bond donors (Lipinski definition) is 1. The molecule has 1 N–H and O–H groups in total. The van der Waals surface area contributed by atoms with Gasteiger partial charge >= 0.3 is 0 Å². The van der Waals surface area contributed by atoms with E-state index in [4.69, 9.17) is 0 Å². The second-order valence-corrected chi connectivity index (χ2v) is 4.72. The first-order valence-electron chi connectivity index (χ1n) is 6.48. The topological polar surface area (TPSA) is 44.0 Å². The number of hydrogen-bond acceptors (Lipinski definition) is 2. The van der Waals surface area contributed by atoms with E-state index in [2.05, 4.69) is 19.1 Å². The zero-order chi connectivity index (χ0) is 13.8. The van der Waals surface area contributed by atoms with Crippen LogP contribution >= 0.6 is 0 Å². The van der Waals surface area contributed by atoms with E-state index in [-0.39, 0.29) is 5.75 Å². The molecule has 0 unspecified atom stereocenters. The van der Waals surface area contributed by atoms with Gasteiger partial charge in [-0.3, -0.25) is 0 Å². The van der Waals surface area contributed by atoms with E-state index in [1.807, 2.05) is 25.1 Å². The second-order valence-electron chi connectivity index (χ2n) is 4.72. The van der Waals surface area contributed by atoms with Crippen molar-refractivity contribution in [2.24, 2.45) is 0 Å². The monoisotopic (exact) mass is 251 g/mol. The molecule has 0 fully saturated rings. The zero-order valence-corrected chi connectivity index (χ0v) is 11.3. The molecule has 0 amide bonds. The van der Waals surface area contributed by atoms with E-state index in [1.54, 1.807) is 12.1 Å². The minimum absolute atomic E-state index is 0.256. The quantitative estimate of drug-likeness (QED) is 0.888. The first kappa shape index (κ1) is 13.2. The maximum Gasteiger partial charge on any atom is 0.115 e. The number of nitrogens with zero attached hydrogens (tertiary/aromatic N) is 1. The first-order valence-corrected chi connectivity index (χ1v) is 6.48. The van der Waals surface area contributed by atoms with Crippen LogP contribution in [0.15, 0.2) is 36.4 Å². The van der Waals surface area contributed by atoms with Crippen LogP contribution in [0.3, 0.4) is 0 Å². The molecule has 2 heteroatoms. The fraction of sp³-hybridized carbons (Fsp3) is 0.235. The van der Waals surface area contributed by atoms with Crippen molar-refractivity contribution in [1.82, 2.24) is 0 Å². The van der Waals surface area contributed by atoms with Gasteiger partial charge in [0.05, 0.1) is 11.6 Å². The lowest BCUT2D eigenvalue weighted by molar-refractivity contribution is 0.475. The molecule has 0 saturated heterocycles. The number of nitriles is 1. The Hall–Kier alpha value is -2.27. The Bertz CT molecular complexity index is 621. The van der Waals surface area contributed by atoms with Gasteiger partial charge in [-0.05, 0) is 53.8 Å². The number of aryl methyl sites for hydroxylation is 1. The Balaban J connectivity index is 2.58. The van der Waals surface area contributed by atoms with Gasteiger partial charge in [-0.1, -0.05) is 31.5 Å². The highest BCUT2D eigenvalue weighted by Crippen LogP contribution is 2.29. The van der Waals surface area contributed by atoms with E-state index >= 15 is 0 Å². The SMILES string of the molecule is CCCc1cc(C#N)c(C)c(-c2ccc(O)cc2)c1.